The van der Waals surface area contributed by atoms with Gasteiger partial charge in [0, 0.05) is 6.42 Å². The van der Waals surface area contributed by atoms with Gasteiger partial charge in [-0.25, -0.2) is 14.5 Å². The number of phenolic OH excluding ortho intramolecular Hbond substituents is 1. The summed E-state index contributed by atoms with van der Waals surface area (Å²) < 4.78 is 0. The Morgan fingerprint density at radius 3 is 2.57 bits per heavy atom. The number of aliphatic carboxylic acids is 1. The summed E-state index contributed by atoms with van der Waals surface area (Å²) in [5.41, 5.74) is 0.614. The van der Waals surface area contributed by atoms with Crippen molar-refractivity contribution in [3.05, 3.63) is 29.8 Å². The minimum absolute atomic E-state index is 0.00990. The third kappa shape index (κ3) is 3.95. The first-order valence-corrected chi connectivity index (χ1v) is 8.46. The highest BCUT2D eigenvalue weighted by Gasteiger charge is 2.44. The summed E-state index contributed by atoms with van der Waals surface area (Å²) in [5, 5.41) is 21.2. The summed E-state index contributed by atoms with van der Waals surface area (Å²) in [6.07, 6.45) is 2.35. The molecule has 1 fully saturated rings. The molecule has 3 amide bonds. The first-order chi connectivity index (χ1) is 10.9. The average Bonchev–Trinajstić information content (AvgIpc) is 2.79. The van der Waals surface area contributed by atoms with E-state index in [0.717, 1.165) is 4.90 Å². The van der Waals surface area contributed by atoms with Crippen molar-refractivity contribution in [2.75, 3.05) is 12.0 Å². The monoisotopic (exact) mass is 338 g/mol. The van der Waals surface area contributed by atoms with Crippen molar-refractivity contribution in [1.82, 2.24) is 10.2 Å². The quantitative estimate of drug-likeness (QED) is 0.642. The molecule has 1 aromatic rings. The highest BCUT2D eigenvalue weighted by Crippen LogP contribution is 2.19. The fourth-order valence-corrected chi connectivity index (χ4v) is 2.89. The van der Waals surface area contributed by atoms with Crippen molar-refractivity contribution in [1.29, 1.82) is 0 Å². The maximum Gasteiger partial charge on any atom is 0.327 e. The normalized spacial score (nSPS) is 18.8. The van der Waals surface area contributed by atoms with E-state index in [1.807, 2.05) is 6.26 Å². The highest BCUT2D eigenvalue weighted by atomic mass is 32.2. The van der Waals surface area contributed by atoms with E-state index < -0.39 is 30.0 Å². The zero-order valence-electron chi connectivity index (χ0n) is 12.6. The van der Waals surface area contributed by atoms with Crippen LogP contribution in [0.25, 0.3) is 0 Å². The second-order valence-electron chi connectivity index (χ2n) is 5.22. The topological polar surface area (TPSA) is 107 Å². The van der Waals surface area contributed by atoms with E-state index in [1.54, 1.807) is 23.9 Å². The lowest BCUT2D eigenvalue weighted by Crippen LogP contribution is -2.47. The van der Waals surface area contributed by atoms with E-state index in [2.05, 4.69) is 5.32 Å². The number of hydrogen-bond donors (Lipinski definition) is 3. The number of imide groups is 1. The fraction of sp³-hybridized carbons (Fsp3) is 0.400. The van der Waals surface area contributed by atoms with E-state index in [4.69, 9.17) is 0 Å². The molecule has 3 N–H and O–H groups in total. The number of carbonyl (C=O) groups excluding carboxylic acids is 2. The van der Waals surface area contributed by atoms with E-state index in [1.165, 1.54) is 12.1 Å². The Kier molecular flexibility index (Phi) is 5.49. The predicted molar refractivity (Wildman–Crippen MR) is 85.4 cm³/mol. The largest absolute Gasteiger partial charge is 0.508 e. The average molecular weight is 338 g/mol. The highest BCUT2D eigenvalue weighted by molar-refractivity contribution is 7.98. The third-order valence-electron chi connectivity index (χ3n) is 3.62. The molecule has 0 aromatic heterocycles. The van der Waals surface area contributed by atoms with Crippen LogP contribution in [-0.4, -0.2) is 57.1 Å². The van der Waals surface area contributed by atoms with Crippen LogP contribution in [0.2, 0.25) is 0 Å². The van der Waals surface area contributed by atoms with E-state index in [-0.39, 0.29) is 12.2 Å². The molecule has 0 radical (unpaired) electrons. The van der Waals surface area contributed by atoms with Gasteiger partial charge < -0.3 is 15.5 Å². The van der Waals surface area contributed by atoms with Crippen molar-refractivity contribution in [3.63, 3.8) is 0 Å². The number of carboxylic acids is 1. The predicted octanol–water partition coefficient (Wildman–Crippen LogP) is 1.06. The van der Waals surface area contributed by atoms with Crippen LogP contribution >= 0.6 is 11.8 Å². The zero-order valence-corrected chi connectivity index (χ0v) is 13.4. The van der Waals surface area contributed by atoms with Crippen molar-refractivity contribution in [3.8, 4) is 5.75 Å². The minimum atomic E-state index is -1.27. The van der Waals surface area contributed by atoms with Crippen LogP contribution in [0.15, 0.2) is 24.3 Å². The Morgan fingerprint density at radius 2 is 2.00 bits per heavy atom. The number of nitrogens with zero attached hydrogens (tertiary/aromatic N) is 1. The van der Waals surface area contributed by atoms with Crippen LogP contribution in [0.5, 0.6) is 5.75 Å². The van der Waals surface area contributed by atoms with Crippen LogP contribution < -0.4 is 5.32 Å². The number of urea groups is 1. The van der Waals surface area contributed by atoms with E-state index >= 15 is 0 Å². The Balaban J connectivity index is 2.16. The van der Waals surface area contributed by atoms with Crippen molar-refractivity contribution < 1.29 is 24.6 Å². The molecule has 1 aliphatic heterocycles. The van der Waals surface area contributed by atoms with Gasteiger partial charge in [-0.1, -0.05) is 12.1 Å². The van der Waals surface area contributed by atoms with Gasteiger partial charge in [0.25, 0.3) is 5.91 Å². The zero-order chi connectivity index (χ0) is 17.0. The van der Waals surface area contributed by atoms with Crippen molar-refractivity contribution in [2.24, 2.45) is 0 Å². The number of carbonyl (C=O) groups is 3. The lowest BCUT2D eigenvalue weighted by atomic mass is 10.0. The molecule has 7 nitrogen and oxygen atoms in total. The molecule has 1 heterocycles. The smallest absolute Gasteiger partial charge is 0.327 e. The summed E-state index contributed by atoms with van der Waals surface area (Å²) >= 11 is 1.55. The molecule has 1 aromatic carbocycles. The first kappa shape index (κ1) is 17.1. The molecule has 2 rings (SSSR count). The summed E-state index contributed by atoms with van der Waals surface area (Å²) in [5.74, 6) is -0.990. The van der Waals surface area contributed by atoms with Crippen LogP contribution in [0, 0.1) is 0 Å². The van der Waals surface area contributed by atoms with E-state index in [9.17, 15) is 24.6 Å². The molecule has 0 saturated carbocycles. The fourth-order valence-electron chi connectivity index (χ4n) is 2.42. The SMILES string of the molecule is CSCC[C@H]1NC(=O)N([C@@H](Cc2ccc(O)cc2)C(=O)O)C1=O. The number of aromatic hydroxyl groups is 1. The maximum atomic E-state index is 12.3. The van der Waals surface area contributed by atoms with Gasteiger partial charge >= 0.3 is 12.0 Å². The Morgan fingerprint density at radius 1 is 1.35 bits per heavy atom. The molecular formula is C15H18N2O5S. The number of hydrogen-bond acceptors (Lipinski definition) is 5. The van der Waals surface area contributed by atoms with E-state index in [0.29, 0.717) is 17.7 Å². The molecule has 0 aliphatic carbocycles. The number of rotatable bonds is 7. The van der Waals surface area contributed by atoms with Crippen LogP contribution in [0.1, 0.15) is 12.0 Å². The molecule has 0 bridgehead atoms. The Bertz CT molecular complexity index is 604. The molecule has 23 heavy (non-hydrogen) atoms. The summed E-state index contributed by atoms with van der Waals surface area (Å²) in [4.78, 5) is 36.7. The number of amides is 3. The second-order valence-corrected chi connectivity index (χ2v) is 6.20. The Hall–Kier alpha value is -2.22. The Labute approximate surface area is 137 Å². The third-order valence-corrected chi connectivity index (χ3v) is 4.27. The molecule has 1 aliphatic rings. The molecular weight excluding hydrogens is 320 g/mol. The number of benzene rings is 1. The van der Waals surface area contributed by atoms with Gasteiger partial charge in [-0.05, 0) is 36.1 Å². The molecule has 124 valence electrons. The van der Waals surface area contributed by atoms with Gasteiger partial charge in [0.2, 0.25) is 0 Å². The molecule has 0 spiro atoms. The number of phenols is 1. The molecule has 1 saturated heterocycles. The van der Waals surface area contributed by atoms with Gasteiger partial charge in [0.05, 0.1) is 0 Å². The minimum Gasteiger partial charge on any atom is -0.508 e. The van der Waals surface area contributed by atoms with Crippen LogP contribution in [0.3, 0.4) is 0 Å². The van der Waals surface area contributed by atoms with Gasteiger partial charge in [0.15, 0.2) is 0 Å². The standard InChI is InChI=1S/C15H18N2O5S/c1-23-7-6-11-13(19)17(15(22)16-11)12(14(20)21)8-9-2-4-10(18)5-3-9/h2-5,11-12,18H,6-8H2,1H3,(H,16,22)(H,20,21)/t11-,12+/m1/s1. The van der Waals surface area contributed by atoms with Crippen molar-refractivity contribution >= 4 is 29.7 Å². The lowest BCUT2D eigenvalue weighted by Gasteiger charge is -2.21. The molecule has 2 atom stereocenters. The van der Waals surface area contributed by atoms with Crippen LogP contribution in [0.4, 0.5) is 4.79 Å². The molecule has 8 heteroatoms. The maximum absolute atomic E-state index is 12.3. The number of nitrogens with one attached hydrogen (secondary N) is 1. The first-order valence-electron chi connectivity index (χ1n) is 7.07. The lowest BCUT2D eigenvalue weighted by molar-refractivity contribution is -0.146. The van der Waals surface area contributed by atoms with Gasteiger partial charge in [-0.15, -0.1) is 0 Å². The summed E-state index contributed by atoms with van der Waals surface area (Å²) in [6, 6.07) is 3.38. The summed E-state index contributed by atoms with van der Waals surface area (Å²) in [6.45, 7) is 0. The van der Waals surface area contributed by atoms with Gasteiger partial charge in [-0.2, -0.15) is 11.8 Å². The van der Waals surface area contributed by atoms with Crippen molar-refractivity contribution in [2.45, 2.75) is 24.9 Å². The van der Waals surface area contributed by atoms with Gasteiger partial charge in [-0.3, -0.25) is 4.79 Å². The number of thioether (sulfide) groups is 1. The summed E-state index contributed by atoms with van der Waals surface area (Å²) in [7, 11) is 0. The number of carboxylic acid groups (broad SMARTS) is 1. The van der Waals surface area contributed by atoms with Gasteiger partial charge in [0.1, 0.15) is 17.8 Å². The van der Waals surface area contributed by atoms with Crippen LogP contribution in [-0.2, 0) is 16.0 Å². The molecule has 0 unspecified atom stereocenters. The second kappa shape index (κ2) is 7.36.